The van der Waals surface area contributed by atoms with Crippen molar-refractivity contribution in [2.45, 2.75) is 25.7 Å². The van der Waals surface area contributed by atoms with Crippen LogP contribution in [0.1, 0.15) is 25.7 Å². The summed E-state index contributed by atoms with van der Waals surface area (Å²) in [5.74, 6) is 0.601. The summed E-state index contributed by atoms with van der Waals surface area (Å²) in [4.78, 5) is 24.5. The van der Waals surface area contributed by atoms with Gasteiger partial charge in [-0.15, -0.1) is 11.6 Å². The predicted octanol–water partition coefficient (Wildman–Crippen LogP) is 0.744. The second-order valence-electron chi connectivity index (χ2n) is 3.66. The van der Waals surface area contributed by atoms with Gasteiger partial charge in [-0.3, -0.25) is 9.59 Å². The Morgan fingerprint density at radius 3 is 3.00 bits per heavy atom. The van der Waals surface area contributed by atoms with Gasteiger partial charge in [0.1, 0.15) is 0 Å². The van der Waals surface area contributed by atoms with Crippen LogP contribution in [0.15, 0.2) is 0 Å². The van der Waals surface area contributed by atoms with Gasteiger partial charge in [0.15, 0.2) is 0 Å². The van der Waals surface area contributed by atoms with Gasteiger partial charge in [-0.25, -0.2) is 0 Å². The molecule has 1 aliphatic heterocycles. The largest absolute Gasteiger partial charge is 0.354 e. The Kier molecular flexibility index (Phi) is 5.47. The third-order valence-corrected chi connectivity index (χ3v) is 2.66. The summed E-state index contributed by atoms with van der Waals surface area (Å²) in [5, 5.41) is 2.74. The Labute approximate surface area is 95.0 Å². The average molecular weight is 233 g/mol. The molecule has 0 aromatic heterocycles. The van der Waals surface area contributed by atoms with Crippen molar-refractivity contribution < 1.29 is 9.59 Å². The third kappa shape index (κ3) is 4.51. The van der Waals surface area contributed by atoms with Gasteiger partial charge in [0, 0.05) is 25.4 Å². The molecular formula is C10H17ClN2O2. The van der Waals surface area contributed by atoms with Crippen molar-refractivity contribution in [3.05, 3.63) is 0 Å². The van der Waals surface area contributed by atoms with E-state index < -0.39 is 0 Å². The summed E-state index contributed by atoms with van der Waals surface area (Å²) < 4.78 is 0. The quantitative estimate of drug-likeness (QED) is 0.574. The third-order valence-electron chi connectivity index (χ3n) is 2.39. The summed E-state index contributed by atoms with van der Waals surface area (Å²) in [6.07, 6.45) is 3.00. The summed E-state index contributed by atoms with van der Waals surface area (Å²) in [7, 11) is 0. The number of carbonyl (C=O) groups is 2. The number of hydrogen-bond acceptors (Lipinski definition) is 2. The van der Waals surface area contributed by atoms with Crippen LogP contribution in [0.5, 0.6) is 0 Å². The Bertz CT molecular complexity index is 233. The number of alkyl halides is 1. The van der Waals surface area contributed by atoms with Gasteiger partial charge in [0.05, 0.1) is 6.54 Å². The van der Waals surface area contributed by atoms with Gasteiger partial charge in [-0.2, -0.15) is 0 Å². The number of hydrogen-bond donors (Lipinski definition) is 1. The van der Waals surface area contributed by atoms with Crippen LogP contribution in [0.2, 0.25) is 0 Å². The van der Waals surface area contributed by atoms with Crippen LogP contribution in [0, 0.1) is 0 Å². The molecule has 1 fully saturated rings. The van der Waals surface area contributed by atoms with E-state index in [2.05, 4.69) is 5.32 Å². The highest BCUT2D eigenvalue weighted by molar-refractivity contribution is 6.17. The molecule has 0 saturated carbocycles. The van der Waals surface area contributed by atoms with Gasteiger partial charge in [-0.05, 0) is 19.3 Å². The van der Waals surface area contributed by atoms with Crippen molar-refractivity contribution >= 4 is 23.4 Å². The minimum atomic E-state index is -0.0572. The molecule has 0 unspecified atom stereocenters. The molecule has 0 bridgehead atoms. The fourth-order valence-electron chi connectivity index (χ4n) is 1.55. The standard InChI is InChI=1S/C10H17ClN2O2/c11-5-2-1-4-10(15)13-7-3-6-12-9(14)8-13/h1-8H2,(H,12,14). The van der Waals surface area contributed by atoms with Gasteiger partial charge in [0.25, 0.3) is 0 Å². The van der Waals surface area contributed by atoms with Crippen LogP contribution >= 0.6 is 11.6 Å². The van der Waals surface area contributed by atoms with E-state index in [4.69, 9.17) is 11.6 Å². The summed E-state index contributed by atoms with van der Waals surface area (Å²) in [6, 6.07) is 0. The average Bonchev–Trinajstić information content (AvgIpc) is 2.43. The molecule has 0 aromatic rings. The highest BCUT2D eigenvalue weighted by Crippen LogP contribution is 2.04. The SMILES string of the molecule is O=C1CN(C(=O)CCCCCl)CCCN1. The zero-order chi connectivity index (χ0) is 11.1. The molecule has 0 radical (unpaired) electrons. The first-order chi connectivity index (χ1) is 7.24. The van der Waals surface area contributed by atoms with Crippen LogP contribution < -0.4 is 5.32 Å². The van der Waals surface area contributed by atoms with Crippen LogP contribution in [0.3, 0.4) is 0 Å². The zero-order valence-corrected chi connectivity index (χ0v) is 9.55. The van der Waals surface area contributed by atoms with Gasteiger partial charge < -0.3 is 10.2 Å². The lowest BCUT2D eigenvalue weighted by Crippen LogP contribution is -2.37. The van der Waals surface area contributed by atoms with E-state index in [-0.39, 0.29) is 18.4 Å². The van der Waals surface area contributed by atoms with E-state index in [1.807, 2.05) is 0 Å². The molecule has 86 valence electrons. The van der Waals surface area contributed by atoms with E-state index in [0.29, 0.717) is 25.4 Å². The van der Waals surface area contributed by atoms with Crippen LogP contribution in [-0.4, -0.2) is 42.2 Å². The normalized spacial score (nSPS) is 17.1. The minimum absolute atomic E-state index is 0.0572. The van der Waals surface area contributed by atoms with E-state index in [1.54, 1.807) is 4.90 Å². The fourth-order valence-corrected chi connectivity index (χ4v) is 1.74. The van der Waals surface area contributed by atoms with Crippen molar-refractivity contribution in [2.24, 2.45) is 0 Å². The first kappa shape index (κ1) is 12.3. The highest BCUT2D eigenvalue weighted by Gasteiger charge is 2.18. The molecule has 5 heteroatoms. The van der Waals surface area contributed by atoms with E-state index in [0.717, 1.165) is 19.3 Å². The van der Waals surface area contributed by atoms with Crippen LogP contribution in [0.25, 0.3) is 0 Å². The topological polar surface area (TPSA) is 49.4 Å². The Morgan fingerprint density at radius 2 is 2.27 bits per heavy atom. The van der Waals surface area contributed by atoms with Crippen LogP contribution in [-0.2, 0) is 9.59 Å². The molecule has 4 nitrogen and oxygen atoms in total. The molecule has 1 rings (SSSR count). The second kappa shape index (κ2) is 6.67. The fraction of sp³-hybridized carbons (Fsp3) is 0.800. The number of amides is 2. The number of rotatable bonds is 4. The molecule has 0 atom stereocenters. The molecule has 0 aliphatic carbocycles. The maximum Gasteiger partial charge on any atom is 0.239 e. The Hall–Kier alpha value is -0.770. The lowest BCUT2D eigenvalue weighted by molar-refractivity contribution is -0.135. The Balaban J connectivity index is 2.33. The number of unbranched alkanes of at least 4 members (excludes halogenated alkanes) is 1. The molecule has 2 amide bonds. The molecule has 1 saturated heterocycles. The maximum absolute atomic E-state index is 11.7. The van der Waals surface area contributed by atoms with Crippen molar-refractivity contribution in [2.75, 3.05) is 25.5 Å². The Morgan fingerprint density at radius 1 is 1.47 bits per heavy atom. The smallest absolute Gasteiger partial charge is 0.239 e. The minimum Gasteiger partial charge on any atom is -0.354 e. The first-order valence-electron chi connectivity index (χ1n) is 5.34. The molecule has 0 aromatic carbocycles. The van der Waals surface area contributed by atoms with Crippen molar-refractivity contribution in [3.63, 3.8) is 0 Å². The molecule has 1 N–H and O–H groups in total. The highest BCUT2D eigenvalue weighted by atomic mass is 35.5. The second-order valence-corrected chi connectivity index (χ2v) is 4.04. The number of halogens is 1. The lowest BCUT2D eigenvalue weighted by atomic mass is 10.2. The van der Waals surface area contributed by atoms with E-state index >= 15 is 0 Å². The van der Waals surface area contributed by atoms with E-state index in [9.17, 15) is 9.59 Å². The molecule has 0 spiro atoms. The predicted molar refractivity (Wildman–Crippen MR) is 58.8 cm³/mol. The summed E-state index contributed by atoms with van der Waals surface area (Å²) in [6.45, 7) is 1.56. The number of nitrogens with one attached hydrogen (secondary N) is 1. The lowest BCUT2D eigenvalue weighted by Gasteiger charge is -2.18. The molecule has 1 aliphatic rings. The molecular weight excluding hydrogens is 216 g/mol. The molecule has 1 heterocycles. The van der Waals surface area contributed by atoms with Crippen molar-refractivity contribution in [3.8, 4) is 0 Å². The maximum atomic E-state index is 11.7. The number of carbonyl (C=O) groups excluding carboxylic acids is 2. The van der Waals surface area contributed by atoms with Gasteiger partial charge in [0.2, 0.25) is 11.8 Å². The summed E-state index contributed by atoms with van der Waals surface area (Å²) >= 11 is 5.53. The van der Waals surface area contributed by atoms with Crippen molar-refractivity contribution in [1.29, 1.82) is 0 Å². The van der Waals surface area contributed by atoms with E-state index in [1.165, 1.54) is 0 Å². The zero-order valence-electron chi connectivity index (χ0n) is 8.80. The number of nitrogens with zero attached hydrogens (tertiary/aromatic N) is 1. The van der Waals surface area contributed by atoms with Gasteiger partial charge in [-0.1, -0.05) is 0 Å². The first-order valence-corrected chi connectivity index (χ1v) is 5.88. The molecule has 15 heavy (non-hydrogen) atoms. The monoisotopic (exact) mass is 232 g/mol. The van der Waals surface area contributed by atoms with Crippen LogP contribution in [0.4, 0.5) is 0 Å². The van der Waals surface area contributed by atoms with Gasteiger partial charge >= 0.3 is 0 Å². The summed E-state index contributed by atoms with van der Waals surface area (Å²) in [5.41, 5.74) is 0. The van der Waals surface area contributed by atoms with Crippen molar-refractivity contribution in [1.82, 2.24) is 10.2 Å².